The van der Waals surface area contributed by atoms with Crippen LogP contribution in [0.3, 0.4) is 0 Å². The van der Waals surface area contributed by atoms with Crippen molar-refractivity contribution in [3.63, 3.8) is 0 Å². The van der Waals surface area contributed by atoms with E-state index in [0.717, 1.165) is 4.57 Å². The van der Waals surface area contributed by atoms with E-state index >= 15 is 0 Å². The van der Waals surface area contributed by atoms with Gasteiger partial charge in [-0.05, 0) is 12.1 Å². The maximum atomic E-state index is 12.7. The highest BCUT2D eigenvalue weighted by Gasteiger charge is 2.17. The van der Waals surface area contributed by atoms with E-state index in [0.29, 0.717) is 17.0 Å². The molecule has 1 aromatic carbocycles. The van der Waals surface area contributed by atoms with Crippen LogP contribution in [0, 0.1) is 0 Å². The van der Waals surface area contributed by atoms with Gasteiger partial charge in [-0.2, -0.15) is 0 Å². The summed E-state index contributed by atoms with van der Waals surface area (Å²) in [6.07, 6.45) is 1.44. The molecule has 4 aromatic rings. The zero-order valence-corrected chi connectivity index (χ0v) is 18.5. The molecule has 3 aromatic heterocycles. The highest BCUT2D eigenvalue weighted by Crippen LogP contribution is 2.14. The topological polar surface area (TPSA) is 110 Å². The average Bonchev–Trinajstić information content (AvgIpc) is 3.40. The predicted molar refractivity (Wildman–Crippen MR) is 120 cm³/mol. The molecule has 33 heavy (non-hydrogen) atoms. The molecule has 0 aliphatic heterocycles. The van der Waals surface area contributed by atoms with Gasteiger partial charge in [0.2, 0.25) is 5.78 Å². The third-order valence-corrected chi connectivity index (χ3v) is 5.63. The first-order chi connectivity index (χ1) is 15.8. The van der Waals surface area contributed by atoms with Gasteiger partial charge in [0.15, 0.2) is 11.2 Å². The van der Waals surface area contributed by atoms with Gasteiger partial charge >= 0.3 is 11.7 Å². The normalized spacial score (nSPS) is 11.1. The van der Waals surface area contributed by atoms with E-state index in [2.05, 4.69) is 4.98 Å². The number of ketones is 1. The van der Waals surface area contributed by atoms with E-state index < -0.39 is 17.2 Å². The van der Waals surface area contributed by atoms with E-state index in [9.17, 15) is 19.2 Å². The Kier molecular flexibility index (Phi) is 5.82. The Balaban J connectivity index is 1.41. The minimum absolute atomic E-state index is 0.000483. The Bertz CT molecular complexity index is 1470. The number of aryl methyl sites for hydroxylation is 1. The second kappa shape index (κ2) is 8.73. The number of esters is 1. The molecule has 0 atom stereocenters. The molecule has 10 nitrogen and oxygen atoms in total. The predicted octanol–water partition coefficient (Wildman–Crippen LogP) is 0.789. The lowest BCUT2D eigenvalue weighted by Crippen LogP contribution is -2.37. The largest absolute Gasteiger partial charge is 0.463 e. The second-order valence-electron chi connectivity index (χ2n) is 7.68. The highest BCUT2D eigenvalue weighted by atomic mass is 16.5. The fourth-order valence-electron chi connectivity index (χ4n) is 3.72. The lowest BCUT2D eigenvalue weighted by molar-refractivity contribution is -0.143. The molecule has 3 heterocycles. The Hall–Kier alpha value is -4.21. The van der Waals surface area contributed by atoms with Gasteiger partial charge in [-0.25, -0.2) is 9.78 Å². The first-order valence-electron chi connectivity index (χ1n) is 10.3. The third kappa shape index (κ3) is 4.02. The van der Waals surface area contributed by atoms with Crippen LogP contribution in [0.2, 0.25) is 0 Å². The average molecular weight is 449 g/mol. The summed E-state index contributed by atoms with van der Waals surface area (Å²) >= 11 is 0. The third-order valence-electron chi connectivity index (χ3n) is 5.63. The zero-order valence-electron chi connectivity index (χ0n) is 18.5. The van der Waals surface area contributed by atoms with Gasteiger partial charge < -0.3 is 13.9 Å². The van der Waals surface area contributed by atoms with Crippen LogP contribution in [-0.4, -0.2) is 41.6 Å². The molecular formula is C23H23N5O5. The summed E-state index contributed by atoms with van der Waals surface area (Å²) in [4.78, 5) is 53.7. The van der Waals surface area contributed by atoms with Crippen molar-refractivity contribution in [1.82, 2.24) is 23.3 Å². The van der Waals surface area contributed by atoms with Crippen LogP contribution in [0.25, 0.3) is 11.2 Å². The molecule has 0 aliphatic carbocycles. The van der Waals surface area contributed by atoms with E-state index in [4.69, 9.17) is 4.74 Å². The van der Waals surface area contributed by atoms with Crippen LogP contribution in [0.1, 0.15) is 21.7 Å². The highest BCUT2D eigenvalue weighted by molar-refractivity contribution is 6.08. The van der Waals surface area contributed by atoms with E-state index in [1.165, 1.54) is 25.0 Å². The maximum absolute atomic E-state index is 12.7. The molecule has 10 heteroatoms. The van der Waals surface area contributed by atoms with Gasteiger partial charge in [-0.3, -0.25) is 23.5 Å². The van der Waals surface area contributed by atoms with Crippen LogP contribution in [-0.2, 0) is 43.6 Å². The lowest BCUT2D eigenvalue weighted by Gasteiger charge is -2.09. The Morgan fingerprint density at radius 2 is 1.67 bits per heavy atom. The number of hydrogen-bond donors (Lipinski definition) is 0. The summed E-state index contributed by atoms with van der Waals surface area (Å²) in [7, 11) is 4.67. The van der Waals surface area contributed by atoms with Crippen molar-refractivity contribution in [3.8, 4) is 0 Å². The van der Waals surface area contributed by atoms with Gasteiger partial charge in [0.1, 0.15) is 6.61 Å². The number of rotatable bonds is 7. The maximum Gasteiger partial charge on any atom is 0.332 e. The fourth-order valence-corrected chi connectivity index (χ4v) is 3.72. The molecule has 170 valence electrons. The number of carbonyl (C=O) groups is 2. The van der Waals surface area contributed by atoms with Gasteiger partial charge in [0.25, 0.3) is 5.56 Å². The fraction of sp³-hybridized carbons (Fsp3) is 0.261. The number of imidazole rings is 1. The second-order valence-corrected chi connectivity index (χ2v) is 7.68. The zero-order chi connectivity index (χ0) is 23.7. The quantitative estimate of drug-likeness (QED) is 0.305. The van der Waals surface area contributed by atoms with Crippen molar-refractivity contribution in [1.29, 1.82) is 0 Å². The monoisotopic (exact) mass is 449 g/mol. The minimum atomic E-state index is -0.462. The van der Waals surface area contributed by atoms with Gasteiger partial charge in [0, 0.05) is 32.4 Å². The van der Waals surface area contributed by atoms with Crippen molar-refractivity contribution in [3.05, 3.63) is 86.6 Å². The van der Waals surface area contributed by atoms with Gasteiger partial charge in [-0.15, -0.1) is 0 Å². The van der Waals surface area contributed by atoms with Gasteiger partial charge in [-0.1, -0.05) is 30.3 Å². The lowest BCUT2D eigenvalue weighted by atomic mass is 10.1. The molecule has 0 N–H and O–H groups in total. The summed E-state index contributed by atoms with van der Waals surface area (Å²) in [5.41, 5.74) is 1.32. The number of aromatic nitrogens is 5. The number of hydrogen-bond acceptors (Lipinski definition) is 6. The summed E-state index contributed by atoms with van der Waals surface area (Å²) in [6.45, 7) is 0.233. The smallest absolute Gasteiger partial charge is 0.332 e. The first-order valence-corrected chi connectivity index (χ1v) is 10.3. The molecule has 0 saturated heterocycles. The molecule has 0 radical (unpaired) electrons. The van der Waals surface area contributed by atoms with Crippen molar-refractivity contribution in [2.45, 2.75) is 13.0 Å². The molecule has 0 fully saturated rings. The van der Waals surface area contributed by atoms with Gasteiger partial charge in [0.05, 0.1) is 25.0 Å². The SMILES string of the molecule is Cn1c(CC(=O)OCCn2cnc3c2c(=O)n(C)c(=O)n3C)ccc1C(=O)c1ccccc1. The molecule has 0 spiro atoms. The van der Waals surface area contributed by atoms with E-state index in [1.54, 1.807) is 52.6 Å². The standard InChI is InChI=1S/C23H23N5O5/c1-25-16(9-10-17(25)20(30)15-7-5-4-6-8-15)13-18(29)33-12-11-28-14-24-21-19(28)22(31)27(3)23(32)26(21)2/h4-10,14H,11-13H2,1-3H3. The van der Waals surface area contributed by atoms with Crippen molar-refractivity contribution >= 4 is 22.9 Å². The van der Waals surface area contributed by atoms with Crippen molar-refractivity contribution in [2.75, 3.05) is 6.61 Å². The summed E-state index contributed by atoms with van der Waals surface area (Å²) in [6, 6.07) is 12.3. The molecular weight excluding hydrogens is 426 g/mol. The number of ether oxygens (including phenoxy) is 1. The minimum Gasteiger partial charge on any atom is -0.463 e. The van der Waals surface area contributed by atoms with E-state index in [1.807, 2.05) is 6.07 Å². The summed E-state index contributed by atoms with van der Waals surface area (Å²) in [5, 5.41) is 0. The number of fused-ring (bicyclic) bond motifs is 1. The van der Waals surface area contributed by atoms with Crippen LogP contribution in [0.4, 0.5) is 0 Å². The summed E-state index contributed by atoms with van der Waals surface area (Å²) in [5.74, 6) is -0.583. The Morgan fingerprint density at radius 1 is 0.939 bits per heavy atom. The van der Waals surface area contributed by atoms with E-state index in [-0.39, 0.29) is 36.5 Å². The first kappa shape index (κ1) is 22.0. The molecule has 4 rings (SSSR count). The number of carbonyl (C=O) groups excluding carboxylic acids is 2. The molecule has 0 unspecified atom stereocenters. The number of nitrogens with zero attached hydrogens (tertiary/aromatic N) is 5. The molecule has 0 aliphatic rings. The molecule has 0 bridgehead atoms. The molecule has 0 saturated carbocycles. The Morgan fingerprint density at radius 3 is 2.39 bits per heavy atom. The van der Waals surface area contributed by atoms with Crippen LogP contribution in [0.5, 0.6) is 0 Å². The summed E-state index contributed by atoms with van der Waals surface area (Å²) < 4.78 is 10.9. The van der Waals surface area contributed by atoms with Crippen molar-refractivity contribution in [2.24, 2.45) is 21.1 Å². The number of benzene rings is 1. The van der Waals surface area contributed by atoms with Crippen LogP contribution < -0.4 is 11.2 Å². The van der Waals surface area contributed by atoms with Crippen LogP contribution >= 0.6 is 0 Å². The molecule has 0 amide bonds. The van der Waals surface area contributed by atoms with Crippen molar-refractivity contribution < 1.29 is 14.3 Å². The van der Waals surface area contributed by atoms with Crippen LogP contribution in [0.15, 0.2) is 58.4 Å². The Labute approximate surface area is 188 Å².